The van der Waals surface area contributed by atoms with Gasteiger partial charge in [0.2, 0.25) is 19.9 Å². The van der Waals surface area contributed by atoms with Crippen molar-refractivity contribution in [2.45, 2.75) is 49.1 Å². The average molecular weight is 523 g/mol. The number of allylic oxidation sites excluding steroid dienone is 3. The fraction of sp³-hybridized carbons (Fsp3) is 0.375. The second kappa shape index (κ2) is 9.54. The molecular formula is C24H31N3O6S2. The molecule has 11 heteroatoms. The van der Waals surface area contributed by atoms with Crippen molar-refractivity contribution in [3.63, 3.8) is 0 Å². The predicted molar refractivity (Wildman–Crippen MR) is 135 cm³/mol. The molecule has 3 rings (SSSR count). The van der Waals surface area contributed by atoms with Crippen molar-refractivity contribution in [1.82, 2.24) is 9.47 Å². The predicted octanol–water partition coefficient (Wildman–Crippen LogP) is 3.87. The van der Waals surface area contributed by atoms with Crippen LogP contribution in [0.2, 0.25) is 0 Å². The number of rotatable bonds is 7. The van der Waals surface area contributed by atoms with Gasteiger partial charge < -0.3 is 14.2 Å². The van der Waals surface area contributed by atoms with Crippen LogP contribution in [0.15, 0.2) is 71.9 Å². The van der Waals surface area contributed by atoms with E-state index >= 15 is 0 Å². The van der Waals surface area contributed by atoms with Crippen LogP contribution in [-0.2, 0) is 36.0 Å². The molecule has 0 saturated carbocycles. The summed E-state index contributed by atoms with van der Waals surface area (Å²) in [6.07, 6.45) is 8.24. The molecule has 0 saturated heterocycles. The Morgan fingerprint density at radius 1 is 1.26 bits per heavy atom. The Labute approximate surface area is 208 Å². The van der Waals surface area contributed by atoms with Crippen LogP contribution >= 0.6 is 0 Å². The van der Waals surface area contributed by atoms with Gasteiger partial charge in [0.25, 0.3) is 0 Å². The maximum atomic E-state index is 14.0. The van der Waals surface area contributed by atoms with Gasteiger partial charge >= 0.3 is 6.09 Å². The number of amides is 1. The van der Waals surface area contributed by atoms with Gasteiger partial charge in [-0.25, -0.2) is 21.6 Å². The summed E-state index contributed by atoms with van der Waals surface area (Å²) in [4.78, 5) is 12.0. The molecule has 1 N–H and O–H groups in total. The van der Waals surface area contributed by atoms with Crippen LogP contribution in [0.25, 0.3) is 0 Å². The maximum Gasteiger partial charge on any atom is 0.410 e. The molecule has 0 spiro atoms. The minimum atomic E-state index is -4.17. The molecular weight excluding hydrogens is 490 g/mol. The number of anilines is 1. The zero-order valence-corrected chi connectivity index (χ0v) is 22.0. The van der Waals surface area contributed by atoms with Gasteiger partial charge in [-0.2, -0.15) is 0 Å². The first-order valence-electron chi connectivity index (χ1n) is 11.3. The minimum absolute atomic E-state index is 0.0244. The SMILES string of the molecule is [2H]C1=CC(n2ccc(CN(C)C(=O)OC(C)(C)C)c2)(S(=O)(=O)c2cccc(NS(C)(=O)=O)c2)CC=C1. The molecule has 0 bridgehead atoms. The van der Waals surface area contributed by atoms with Crippen LogP contribution in [0, 0.1) is 0 Å². The normalized spacial score (nSPS) is 19.0. The summed E-state index contributed by atoms with van der Waals surface area (Å²) >= 11 is 0. The molecule has 1 aromatic carbocycles. The minimum Gasteiger partial charge on any atom is -0.444 e. The number of carbonyl (C=O) groups excluding carboxylic acids is 1. The summed E-state index contributed by atoms with van der Waals surface area (Å²) < 4.78 is 68.7. The van der Waals surface area contributed by atoms with Gasteiger partial charge in [0.15, 0.2) is 4.87 Å². The number of nitrogens with zero attached hydrogens (tertiary/aromatic N) is 2. The maximum absolute atomic E-state index is 14.0. The number of nitrogens with one attached hydrogen (secondary N) is 1. The monoisotopic (exact) mass is 522 g/mol. The highest BCUT2D eigenvalue weighted by atomic mass is 32.2. The van der Waals surface area contributed by atoms with E-state index in [1.807, 2.05) is 0 Å². The second-order valence-corrected chi connectivity index (χ2v) is 13.4. The van der Waals surface area contributed by atoms with E-state index in [0.29, 0.717) is 5.56 Å². The van der Waals surface area contributed by atoms with E-state index in [1.165, 1.54) is 45.9 Å². The van der Waals surface area contributed by atoms with E-state index in [0.717, 1.165) is 6.26 Å². The van der Waals surface area contributed by atoms with E-state index in [4.69, 9.17) is 6.11 Å². The first kappa shape index (κ1) is 25.1. The lowest BCUT2D eigenvalue weighted by atomic mass is 10.1. The van der Waals surface area contributed by atoms with Crippen molar-refractivity contribution in [3.05, 3.63) is 72.6 Å². The van der Waals surface area contributed by atoms with E-state index in [9.17, 15) is 21.6 Å². The van der Waals surface area contributed by atoms with Crippen molar-refractivity contribution in [2.75, 3.05) is 18.0 Å². The molecule has 1 aromatic heterocycles. The van der Waals surface area contributed by atoms with Gasteiger partial charge in [-0.1, -0.05) is 24.3 Å². The van der Waals surface area contributed by atoms with Crippen molar-refractivity contribution in [2.24, 2.45) is 0 Å². The molecule has 1 atom stereocenters. The van der Waals surface area contributed by atoms with Gasteiger partial charge in [-0.05, 0) is 56.7 Å². The van der Waals surface area contributed by atoms with Crippen molar-refractivity contribution in [1.29, 1.82) is 0 Å². The van der Waals surface area contributed by atoms with Crippen LogP contribution in [0.3, 0.4) is 0 Å². The van der Waals surface area contributed by atoms with Gasteiger partial charge in [0.05, 0.1) is 19.1 Å². The number of hydrogen-bond donors (Lipinski definition) is 1. The van der Waals surface area contributed by atoms with Gasteiger partial charge in [0.1, 0.15) is 5.60 Å². The third-order valence-electron chi connectivity index (χ3n) is 5.16. The quantitative estimate of drug-likeness (QED) is 0.590. The molecule has 190 valence electrons. The molecule has 1 unspecified atom stereocenters. The largest absolute Gasteiger partial charge is 0.444 e. The molecule has 1 heterocycles. The highest BCUT2D eigenvalue weighted by Crippen LogP contribution is 2.39. The van der Waals surface area contributed by atoms with Gasteiger partial charge in [0, 0.05) is 31.5 Å². The van der Waals surface area contributed by atoms with Crippen LogP contribution < -0.4 is 4.72 Å². The third-order valence-corrected chi connectivity index (χ3v) is 8.07. The zero-order chi connectivity index (χ0) is 26.9. The summed E-state index contributed by atoms with van der Waals surface area (Å²) in [5.41, 5.74) is 0.127. The van der Waals surface area contributed by atoms with E-state index in [1.54, 1.807) is 52.4 Å². The smallest absolute Gasteiger partial charge is 0.410 e. The molecule has 1 amide bonds. The summed E-state index contributed by atoms with van der Waals surface area (Å²) in [5, 5.41) is 0. The Hall–Kier alpha value is -3.05. The molecule has 0 aliphatic heterocycles. The Balaban J connectivity index is 2.01. The fourth-order valence-corrected chi connectivity index (χ4v) is 6.07. The van der Waals surface area contributed by atoms with Crippen molar-refractivity contribution in [3.8, 4) is 0 Å². The molecule has 35 heavy (non-hydrogen) atoms. The number of sulfone groups is 1. The Morgan fingerprint density at radius 2 is 1.97 bits per heavy atom. The number of carbonyl (C=O) groups is 1. The van der Waals surface area contributed by atoms with Crippen LogP contribution in [0.4, 0.5) is 10.5 Å². The molecule has 0 radical (unpaired) electrons. The standard InChI is InChI=1S/C24H31N3O6S2/c1-23(2,3)33-22(28)26(4)17-19-12-15-27(18-19)24(13-7-6-8-14-24)35(31,32)21-11-9-10-20(16-21)25-34(5,29)30/h6-13,15-16,18,25H,14,17H2,1-5H3/i7D. The van der Waals surface area contributed by atoms with Crippen LogP contribution in [-0.4, -0.2) is 51.3 Å². The summed E-state index contributed by atoms with van der Waals surface area (Å²) in [6.45, 7) is 5.49. The molecule has 2 aromatic rings. The van der Waals surface area contributed by atoms with Crippen LogP contribution in [0.1, 0.15) is 34.1 Å². The summed E-state index contributed by atoms with van der Waals surface area (Å²) in [7, 11) is -6.19. The van der Waals surface area contributed by atoms with E-state index in [2.05, 4.69) is 4.72 Å². The first-order chi connectivity index (χ1) is 16.5. The third kappa shape index (κ3) is 6.15. The Kier molecular flexibility index (Phi) is 6.83. The molecule has 9 nitrogen and oxygen atoms in total. The second-order valence-electron chi connectivity index (χ2n) is 9.43. The number of ether oxygens (including phenoxy) is 1. The van der Waals surface area contributed by atoms with Crippen molar-refractivity contribution < 1.29 is 27.7 Å². The van der Waals surface area contributed by atoms with Gasteiger partial charge in [-0.15, -0.1) is 0 Å². The summed E-state index contributed by atoms with van der Waals surface area (Å²) in [5.74, 6) is 0. The van der Waals surface area contributed by atoms with E-state index < -0.39 is 36.4 Å². The lowest BCUT2D eigenvalue weighted by Gasteiger charge is -2.33. The highest BCUT2D eigenvalue weighted by Gasteiger charge is 2.44. The Bertz CT molecular complexity index is 1420. The number of benzene rings is 1. The average Bonchev–Trinajstić information content (AvgIpc) is 3.20. The highest BCUT2D eigenvalue weighted by molar-refractivity contribution is 7.92. The number of aromatic nitrogens is 1. The number of sulfonamides is 1. The fourth-order valence-electron chi connectivity index (χ4n) is 3.63. The lowest BCUT2D eigenvalue weighted by Crippen LogP contribution is -2.40. The topological polar surface area (TPSA) is 115 Å². The zero-order valence-electron chi connectivity index (χ0n) is 21.3. The van der Waals surface area contributed by atoms with Crippen LogP contribution in [0.5, 0.6) is 0 Å². The molecule has 1 aliphatic rings. The molecule has 1 aliphatic carbocycles. The summed E-state index contributed by atoms with van der Waals surface area (Å²) in [6, 6.07) is 7.29. The lowest BCUT2D eigenvalue weighted by molar-refractivity contribution is 0.0285. The van der Waals surface area contributed by atoms with E-state index in [-0.39, 0.29) is 29.6 Å². The molecule has 0 fully saturated rings. The number of hydrogen-bond acceptors (Lipinski definition) is 6. The first-order valence-corrected chi connectivity index (χ1v) is 14.2. The Morgan fingerprint density at radius 3 is 2.60 bits per heavy atom. The van der Waals surface area contributed by atoms with Gasteiger partial charge in [-0.3, -0.25) is 4.72 Å². The van der Waals surface area contributed by atoms with Crippen molar-refractivity contribution >= 4 is 31.6 Å².